The number of phenols is 1. The number of rotatable bonds is 7. The van der Waals surface area contributed by atoms with Gasteiger partial charge in [0, 0.05) is 23.7 Å². The van der Waals surface area contributed by atoms with Crippen LogP contribution in [0, 0.1) is 0 Å². The quantitative estimate of drug-likeness (QED) is 0.513. The summed E-state index contributed by atoms with van der Waals surface area (Å²) in [5.41, 5.74) is -0.671. The molecule has 4 N–H and O–H groups in total. The highest BCUT2D eigenvalue weighted by Crippen LogP contribution is 2.30. The van der Waals surface area contributed by atoms with Crippen molar-refractivity contribution in [2.45, 2.75) is 45.8 Å². The average molecular weight is 437 g/mol. The van der Waals surface area contributed by atoms with Gasteiger partial charge in [-0.25, -0.2) is 19.6 Å². The van der Waals surface area contributed by atoms with Crippen molar-refractivity contribution in [3.8, 4) is 17.1 Å². The number of nitrogens with one attached hydrogen (secondary N) is 2. The summed E-state index contributed by atoms with van der Waals surface area (Å²) in [7, 11) is 0. The van der Waals surface area contributed by atoms with Crippen LogP contribution in [0.25, 0.3) is 11.4 Å². The molecule has 10 heteroatoms. The Kier molecular flexibility index (Phi) is 7.44. The van der Waals surface area contributed by atoms with Crippen molar-refractivity contribution >= 4 is 29.5 Å². The molecule has 1 heterocycles. The van der Waals surface area contributed by atoms with Crippen molar-refractivity contribution < 1.29 is 24.5 Å². The number of alkyl carbamates (subject to hydrolysis) is 1. The summed E-state index contributed by atoms with van der Waals surface area (Å²) in [5, 5.41) is 25.6. The zero-order valence-electron chi connectivity index (χ0n) is 17.2. The number of aromatic nitrogens is 2. The van der Waals surface area contributed by atoms with Gasteiger partial charge in [-0.3, -0.25) is 0 Å². The number of ether oxygens (including phenoxy) is 1. The molecule has 0 spiro atoms. The SMILES string of the molecule is CC[C@H](CNc1cc(C(=O)O)nc(-c2cc(Cl)ccc2O)n1)NC(=O)OC(C)(C)C. The maximum atomic E-state index is 12.0. The van der Waals surface area contributed by atoms with Gasteiger partial charge in [-0.15, -0.1) is 0 Å². The van der Waals surface area contributed by atoms with Gasteiger partial charge in [-0.1, -0.05) is 18.5 Å². The maximum Gasteiger partial charge on any atom is 0.407 e. The summed E-state index contributed by atoms with van der Waals surface area (Å²) in [6, 6.07) is 5.30. The minimum Gasteiger partial charge on any atom is -0.507 e. The molecule has 2 rings (SSSR count). The van der Waals surface area contributed by atoms with Crippen molar-refractivity contribution in [1.29, 1.82) is 0 Å². The van der Waals surface area contributed by atoms with Crippen LogP contribution in [-0.4, -0.2) is 50.4 Å². The Morgan fingerprint density at radius 1 is 1.23 bits per heavy atom. The first-order valence-corrected chi connectivity index (χ1v) is 9.71. The number of carbonyl (C=O) groups excluding carboxylic acids is 1. The summed E-state index contributed by atoms with van der Waals surface area (Å²) >= 11 is 5.97. The number of carboxylic acid groups (broad SMARTS) is 1. The number of aromatic carboxylic acids is 1. The van der Waals surface area contributed by atoms with Gasteiger partial charge in [0.1, 0.15) is 17.2 Å². The molecule has 30 heavy (non-hydrogen) atoms. The fourth-order valence-corrected chi connectivity index (χ4v) is 2.63. The second kappa shape index (κ2) is 9.62. The number of nitrogens with zero attached hydrogens (tertiary/aromatic N) is 2. The normalized spacial score (nSPS) is 12.2. The molecule has 0 aliphatic rings. The third kappa shape index (κ3) is 6.77. The molecule has 162 valence electrons. The number of phenolic OH excluding ortho intramolecular Hbond substituents is 1. The maximum absolute atomic E-state index is 12.0. The van der Waals surface area contributed by atoms with Gasteiger partial charge in [0.25, 0.3) is 0 Å². The number of carbonyl (C=O) groups is 2. The van der Waals surface area contributed by atoms with Crippen LogP contribution in [0.3, 0.4) is 0 Å². The van der Waals surface area contributed by atoms with Gasteiger partial charge in [-0.2, -0.15) is 0 Å². The number of benzene rings is 1. The number of amides is 1. The van der Waals surface area contributed by atoms with Gasteiger partial charge in [0.15, 0.2) is 11.5 Å². The minimum absolute atomic E-state index is 0.00514. The molecule has 1 atom stereocenters. The van der Waals surface area contributed by atoms with Crippen molar-refractivity contribution in [1.82, 2.24) is 15.3 Å². The van der Waals surface area contributed by atoms with E-state index in [-0.39, 0.29) is 41.2 Å². The van der Waals surface area contributed by atoms with Crippen LogP contribution >= 0.6 is 11.6 Å². The molecule has 0 saturated carbocycles. The lowest BCUT2D eigenvalue weighted by Crippen LogP contribution is -2.42. The second-order valence-corrected chi connectivity index (χ2v) is 8.00. The van der Waals surface area contributed by atoms with Gasteiger partial charge in [0.2, 0.25) is 0 Å². The first-order valence-electron chi connectivity index (χ1n) is 9.33. The molecular formula is C20H25ClN4O5. The zero-order valence-corrected chi connectivity index (χ0v) is 17.9. The Morgan fingerprint density at radius 3 is 2.53 bits per heavy atom. The van der Waals surface area contributed by atoms with Gasteiger partial charge < -0.3 is 25.6 Å². The summed E-state index contributed by atoms with van der Waals surface area (Å²) in [6.45, 7) is 7.47. The largest absolute Gasteiger partial charge is 0.507 e. The van der Waals surface area contributed by atoms with E-state index in [2.05, 4.69) is 20.6 Å². The first-order chi connectivity index (χ1) is 14.0. The zero-order chi connectivity index (χ0) is 22.5. The van der Waals surface area contributed by atoms with E-state index in [4.69, 9.17) is 16.3 Å². The Hall–Kier alpha value is -3.07. The van der Waals surface area contributed by atoms with E-state index in [1.54, 1.807) is 20.8 Å². The molecule has 2 aromatic rings. The predicted octanol–water partition coefficient (Wildman–Crippen LogP) is 3.92. The van der Waals surface area contributed by atoms with Gasteiger partial charge in [-0.05, 0) is 45.4 Å². The molecule has 0 saturated heterocycles. The molecule has 9 nitrogen and oxygen atoms in total. The number of halogens is 1. The highest BCUT2D eigenvalue weighted by atomic mass is 35.5. The van der Waals surface area contributed by atoms with E-state index < -0.39 is 17.7 Å². The lowest BCUT2D eigenvalue weighted by atomic mass is 10.2. The highest BCUT2D eigenvalue weighted by molar-refractivity contribution is 6.30. The van der Waals surface area contributed by atoms with Crippen LogP contribution in [0.2, 0.25) is 5.02 Å². The number of anilines is 1. The van der Waals surface area contributed by atoms with Gasteiger partial charge in [0.05, 0.1) is 5.56 Å². The molecule has 1 aromatic heterocycles. The molecular weight excluding hydrogens is 412 g/mol. The smallest absolute Gasteiger partial charge is 0.407 e. The Labute approximate surface area is 179 Å². The van der Waals surface area contributed by atoms with Crippen LogP contribution in [-0.2, 0) is 4.74 Å². The molecule has 0 radical (unpaired) electrons. The minimum atomic E-state index is -1.25. The topological polar surface area (TPSA) is 134 Å². The third-order valence-corrected chi connectivity index (χ3v) is 4.12. The van der Waals surface area contributed by atoms with Crippen LogP contribution in [0.15, 0.2) is 24.3 Å². The lowest BCUT2D eigenvalue weighted by Gasteiger charge is -2.23. The molecule has 0 bridgehead atoms. The number of hydrogen-bond donors (Lipinski definition) is 4. The van der Waals surface area contributed by atoms with Crippen molar-refractivity contribution in [3.63, 3.8) is 0 Å². The fraction of sp³-hybridized carbons (Fsp3) is 0.400. The van der Waals surface area contributed by atoms with E-state index in [1.165, 1.54) is 24.3 Å². The summed E-state index contributed by atoms with van der Waals surface area (Å²) in [5.74, 6) is -1.15. The van der Waals surface area contributed by atoms with E-state index in [0.29, 0.717) is 11.4 Å². The Balaban J connectivity index is 2.22. The van der Waals surface area contributed by atoms with E-state index >= 15 is 0 Å². The lowest BCUT2D eigenvalue weighted by molar-refractivity contribution is 0.0505. The van der Waals surface area contributed by atoms with Crippen molar-refractivity contribution in [3.05, 3.63) is 35.0 Å². The van der Waals surface area contributed by atoms with Crippen molar-refractivity contribution in [2.24, 2.45) is 0 Å². The monoisotopic (exact) mass is 436 g/mol. The first kappa shape index (κ1) is 23.2. The van der Waals surface area contributed by atoms with Crippen LogP contribution < -0.4 is 10.6 Å². The summed E-state index contributed by atoms with van der Waals surface area (Å²) in [6.07, 6.45) is 0.0556. The predicted molar refractivity (Wildman–Crippen MR) is 113 cm³/mol. The highest BCUT2D eigenvalue weighted by Gasteiger charge is 2.20. The molecule has 1 aromatic carbocycles. The van der Waals surface area contributed by atoms with Crippen molar-refractivity contribution in [2.75, 3.05) is 11.9 Å². The van der Waals surface area contributed by atoms with Gasteiger partial charge >= 0.3 is 12.1 Å². The standard InChI is InChI=1S/C20H25ClN4O5/c1-5-12(23-19(29)30-20(2,3)4)10-22-16-9-14(18(27)28)24-17(25-16)13-8-11(21)6-7-15(13)26/h6-9,12,26H,5,10H2,1-4H3,(H,23,29)(H,27,28)(H,22,24,25)/t12-/m1/s1. The average Bonchev–Trinajstić information content (AvgIpc) is 2.65. The molecule has 0 fully saturated rings. The molecule has 0 aliphatic carbocycles. The Bertz CT molecular complexity index is 930. The van der Waals surface area contributed by atoms with E-state index in [1.807, 2.05) is 6.92 Å². The second-order valence-electron chi connectivity index (χ2n) is 7.56. The molecule has 1 amide bonds. The fourth-order valence-electron chi connectivity index (χ4n) is 2.45. The summed E-state index contributed by atoms with van der Waals surface area (Å²) in [4.78, 5) is 31.7. The van der Waals surface area contributed by atoms with E-state index in [0.717, 1.165) is 0 Å². The molecule has 0 aliphatic heterocycles. The number of aromatic hydroxyl groups is 1. The van der Waals surface area contributed by atoms with Crippen LogP contribution in [0.1, 0.15) is 44.6 Å². The Morgan fingerprint density at radius 2 is 1.93 bits per heavy atom. The van der Waals surface area contributed by atoms with E-state index in [9.17, 15) is 19.8 Å². The van der Waals surface area contributed by atoms with Crippen LogP contribution in [0.5, 0.6) is 5.75 Å². The summed E-state index contributed by atoms with van der Waals surface area (Å²) < 4.78 is 5.25. The molecule has 0 unspecified atom stereocenters. The number of carboxylic acids is 1. The number of hydrogen-bond acceptors (Lipinski definition) is 7. The van der Waals surface area contributed by atoms with Crippen LogP contribution in [0.4, 0.5) is 10.6 Å². The third-order valence-electron chi connectivity index (χ3n) is 3.89.